The van der Waals surface area contributed by atoms with Gasteiger partial charge in [-0.2, -0.15) is 0 Å². The van der Waals surface area contributed by atoms with E-state index in [1.165, 1.54) is 31.3 Å². The van der Waals surface area contributed by atoms with Gasteiger partial charge in [-0.05, 0) is 50.5 Å². The minimum absolute atomic E-state index is 0.231. The van der Waals surface area contributed by atoms with Crippen LogP contribution < -0.4 is 0 Å². The van der Waals surface area contributed by atoms with E-state index in [4.69, 9.17) is 4.74 Å². The fraction of sp³-hybridized carbons (Fsp3) is 0.765. The lowest BCUT2D eigenvalue weighted by Gasteiger charge is -2.33. The summed E-state index contributed by atoms with van der Waals surface area (Å²) in [5, 5.41) is 0. The number of ether oxygens (including phenoxy) is 1. The molecule has 1 atom stereocenters. The molecular weight excluding hydrogens is 220 g/mol. The van der Waals surface area contributed by atoms with E-state index in [0.717, 1.165) is 13.0 Å². The van der Waals surface area contributed by atoms with E-state index in [0.29, 0.717) is 5.41 Å². The first-order valence-corrected chi connectivity index (χ1v) is 7.47. The predicted octanol–water partition coefficient (Wildman–Crippen LogP) is 5.27. The number of hydrogen-bond acceptors (Lipinski definition) is 1. The van der Waals surface area contributed by atoms with Crippen molar-refractivity contribution in [1.82, 2.24) is 0 Å². The quantitative estimate of drug-likeness (QED) is 0.583. The van der Waals surface area contributed by atoms with Crippen molar-refractivity contribution in [1.29, 1.82) is 0 Å². The topological polar surface area (TPSA) is 9.23 Å². The van der Waals surface area contributed by atoms with Gasteiger partial charge in [-0.25, -0.2) is 0 Å². The van der Waals surface area contributed by atoms with Crippen LogP contribution in [-0.4, -0.2) is 12.7 Å². The molecule has 1 rings (SSSR count). The highest BCUT2D eigenvalue weighted by atomic mass is 16.5. The molecule has 0 amide bonds. The van der Waals surface area contributed by atoms with E-state index in [2.05, 4.69) is 46.8 Å². The summed E-state index contributed by atoms with van der Waals surface area (Å²) in [5.74, 6) is 0. The molecule has 18 heavy (non-hydrogen) atoms. The van der Waals surface area contributed by atoms with Gasteiger partial charge in [-0.1, -0.05) is 44.9 Å². The van der Waals surface area contributed by atoms with Crippen molar-refractivity contribution in [2.24, 2.45) is 5.41 Å². The van der Waals surface area contributed by atoms with Crippen LogP contribution in [0.15, 0.2) is 23.3 Å². The molecule has 1 aliphatic rings. The van der Waals surface area contributed by atoms with Gasteiger partial charge in [0.05, 0.1) is 6.10 Å². The van der Waals surface area contributed by atoms with Crippen LogP contribution in [0.4, 0.5) is 0 Å². The van der Waals surface area contributed by atoms with Gasteiger partial charge in [0.25, 0.3) is 0 Å². The Morgan fingerprint density at radius 1 is 1.39 bits per heavy atom. The third-order valence-electron chi connectivity index (χ3n) is 3.96. The zero-order valence-electron chi connectivity index (χ0n) is 12.9. The molecule has 1 nitrogen and oxygen atoms in total. The molecule has 104 valence electrons. The Hall–Kier alpha value is -0.560. The van der Waals surface area contributed by atoms with Gasteiger partial charge in [-0.3, -0.25) is 0 Å². The standard InChI is InChI=1S/C17H30O/c1-6-7-13-18-15(3)10-11-16-14(2)9-8-12-17(16,4)5/h10-11,15H,6-9,12-13H2,1-5H3/b11-10+. The van der Waals surface area contributed by atoms with Crippen molar-refractivity contribution in [3.05, 3.63) is 23.3 Å². The molecule has 1 unspecified atom stereocenters. The van der Waals surface area contributed by atoms with Crippen molar-refractivity contribution in [3.63, 3.8) is 0 Å². The fourth-order valence-corrected chi connectivity index (χ4v) is 2.71. The maximum Gasteiger partial charge on any atom is 0.0730 e. The first kappa shape index (κ1) is 15.5. The molecule has 0 heterocycles. The molecule has 0 saturated heterocycles. The summed E-state index contributed by atoms with van der Waals surface area (Å²) in [6, 6.07) is 0. The summed E-state index contributed by atoms with van der Waals surface area (Å²) in [4.78, 5) is 0. The summed E-state index contributed by atoms with van der Waals surface area (Å²) in [7, 11) is 0. The molecular formula is C17H30O. The van der Waals surface area contributed by atoms with Gasteiger partial charge in [0.1, 0.15) is 0 Å². The Balaban J connectivity index is 2.59. The summed E-state index contributed by atoms with van der Waals surface area (Å²) >= 11 is 0. The molecule has 0 aliphatic heterocycles. The minimum atomic E-state index is 0.231. The van der Waals surface area contributed by atoms with Crippen LogP contribution in [0.5, 0.6) is 0 Å². The van der Waals surface area contributed by atoms with Gasteiger partial charge >= 0.3 is 0 Å². The van der Waals surface area contributed by atoms with E-state index in [-0.39, 0.29) is 6.10 Å². The smallest absolute Gasteiger partial charge is 0.0730 e. The van der Waals surface area contributed by atoms with Crippen molar-refractivity contribution < 1.29 is 4.74 Å². The van der Waals surface area contributed by atoms with Crippen LogP contribution in [0.3, 0.4) is 0 Å². The molecule has 1 aliphatic carbocycles. The van der Waals surface area contributed by atoms with Crippen molar-refractivity contribution in [2.45, 2.75) is 72.8 Å². The summed E-state index contributed by atoms with van der Waals surface area (Å²) < 4.78 is 5.77. The van der Waals surface area contributed by atoms with Crippen molar-refractivity contribution in [2.75, 3.05) is 6.61 Å². The Labute approximate surface area is 113 Å². The Morgan fingerprint density at radius 2 is 2.11 bits per heavy atom. The highest BCUT2D eigenvalue weighted by Gasteiger charge is 2.26. The molecule has 0 saturated carbocycles. The van der Waals surface area contributed by atoms with E-state index in [1.54, 1.807) is 5.57 Å². The molecule has 1 heteroatoms. The molecule has 0 aromatic rings. The van der Waals surface area contributed by atoms with Crippen LogP contribution in [0.1, 0.15) is 66.7 Å². The lowest BCUT2D eigenvalue weighted by molar-refractivity contribution is 0.0949. The first-order valence-electron chi connectivity index (χ1n) is 7.47. The SMILES string of the molecule is CCCCOC(C)/C=C/C1=C(C)CCCC1(C)C. The number of allylic oxidation sites excluding steroid dienone is 3. The predicted molar refractivity (Wildman–Crippen MR) is 79.8 cm³/mol. The second-order valence-electron chi connectivity index (χ2n) is 6.22. The average Bonchev–Trinajstić information content (AvgIpc) is 2.28. The van der Waals surface area contributed by atoms with Crippen LogP contribution in [0.25, 0.3) is 0 Å². The van der Waals surface area contributed by atoms with Gasteiger partial charge in [-0.15, -0.1) is 0 Å². The summed E-state index contributed by atoms with van der Waals surface area (Å²) in [6.45, 7) is 12.2. The van der Waals surface area contributed by atoms with E-state index in [9.17, 15) is 0 Å². The largest absolute Gasteiger partial charge is 0.374 e. The van der Waals surface area contributed by atoms with Crippen LogP contribution in [0, 0.1) is 5.41 Å². The third-order valence-corrected chi connectivity index (χ3v) is 3.96. The molecule has 0 fully saturated rings. The van der Waals surface area contributed by atoms with E-state index >= 15 is 0 Å². The Bertz CT molecular complexity index is 310. The highest BCUT2D eigenvalue weighted by molar-refractivity contribution is 5.32. The number of hydrogen-bond donors (Lipinski definition) is 0. The monoisotopic (exact) mass is 250 g/mol. The fourth-order valence-electron chi connectivity index (χ4n) is 2.71. The second kappa shape index (κ2) is 7.13. The van der Waals surface area contributed by atoms with Gasteiger partial charge < -0.3 is 4.74 Å². The Morgan fingerprint density at radius 3 is 2.72 bits per heavy atom. The number of rotatable bonds is 6. The van der Waals surface area contributed by atoms with Crippen LogP contribution >= 0.6 is 0 Å². The molecule has 0 aromatic carbocycles. The molecule has 0 aromatic heterocycles. The second-order valence-corrected chi connectivity index (χ2v) is 6.22. The lowest BCUT2D eigenvalue weighted by Crippen LogP contribution is -2.19. The molecule has 0 radical (unpaired) electrons. The normalized spacial score (nSPS) is 21.6. The highest BCUT2D eigenvalue weighted by Crippen LogP contribution is 2.40. The lowest BCUT2D eigenvalue weighted by atomic mass is 9.72. The zero-order chi connectivity index (χ0) is 13.6. The van der Waals surface area contributed by atoms with Crippen LogP contribution in [-0.2, 0) is 4.74 Å². The van der Waals surface area contributed by atoms with Crippen molar-refractivity contribution >= 4 is 0 Å². The third kappa shape index (κ3) is 4.61. The average molecular weight is 250 g/mol. The summed E-state index contributed by atoms with van der Waals surface area (Å²) in [6.07, 6.45) is 11.0. The van der Waals surface area contributed by atoms with Gasteiger partial charge in [0.2, 0.25) is 0 Å². The summed E-state index contributed by atoms with van der Waals surface area (Å²) in [5.41, 5.74) is 3.42. The van der Waals surface area contributed by atoms with E-state index in [1.807, 2.05) is 0 Å². The molecule has 0 spiro atoms. The first-order chi connectivity index (χ1) is 8.47. The number of unbranched alkanes of at least 4 members (excludes halogenated alkanes) is 1. The zero-order valence-corrected chi connectivity index (χ0v) is 12.9. The van der Waals surface area contributed by atoms with Gasteiger partial charge in [0, 0.05) is 6.61 Å². The maximum absolute atomic E-state index is 5.77. The molecule has 0 N–H and O–H groups in total. The minimum Gasteiger partial charge on any atom is -0.374 e. The van der Waals surface area contributed by atoms with Crippen LogP contribution in [0.2, 0.25) is 0 Å². The van der Waals surface area contributed by atoms with Crippen molar-refractivity contribution in [3.8, 4) is 0 Å². The maximum atomic E-state index is 5.77. The Kier molecular flexibility index (Phi) is 6.14. The molecule has 0 bridgehead atoms. The van der Waals surface area contributed by atoms with Gasteiger partial charge in [0.15, 0.2) is 0 Å². The van der Waals surface area contributed by atoms with E-state index < -0.39 is 0 Å².